The topological polar surface area (TPSA) is 79.8 Å². The number of benzene rings is 1. The van der Waals surface area contributed by atoms with Gasteiger partial charge >= 0.3 is 0 Å². The van der Waals surface area contributed by atoms with Gasteiger partial charge < -0.3 is 15.4 Å². The van der Waals surface area contributed by atoms with Crippen LogP contribution in [0.4, 0.5) is 4.39 Å². The molecular weight excluding hydrogens is 345 g/mol. The Kier molecular flexibility index (Phi) is 6.40. The molecule has 0 aliphatic carbocycles. The van der Waals surface area contributed by atoms with E-state index in [-0.39, 0.29) is 12.4 Å². The third-order valence-electron chi connectivity index (χ3n) is 4.69. The summed E-state index contributed by atoms with van der Waals surface area (Å²) < 4.78 is 42.6. The Labute approximate surface area is 148 Å². The van der Waals surface area contributed by atoms with Gasteiger partial charge in [0.15, 0.2) is 15.8 Å². The zero-order valence-corrected chi connectivity index (χ0v) is 15.7. The average Bonchev–Trinajstić information content (AvgIpc) is 2.58. The first-order chi connectivity index (χ1) is 11.8. The van der Waals surface area contributed by atoms with Crippen molar-refractivity contribution in [1.29, 1.82) is 0 Å². The molecule has 0 aromatic heterocycles. The summed E-state index contributed by atoms with van der Waals surface area (Å²) in [5, 5.41) is 6.18. The molecule has 25 heavy (non-hydrogen) atoms. The Hall–Kier alpha value is -1.67. The van der Waals surface area contributed by atoms with Crippen LogP contribution in [-0.4, -0.2) is 52.2 Å². The Morgan fingerprint density at radius 3 is 2.56 bits per heavy atom. The summed E-state index contributed by atoms with van der Waals surface area (Å²) in [6.07, 6.45) is 2.18. The molecule has 0 atom stereocenters. The number of nitrogens with zero attached hydrogens (tertiary/aromatic N) is 1. The lowest BCUT2D eigenvalue weighted by molar-refractivity contribution is 0.0756. The van der Waals surface area contributed by atoms with Crippen molar-refractivity contribution < 1.29 is 17.5 Å². The maximum Gasteiger partial charge on any atom is 0.191 e. The first kappa shape index (κ1) is 19.7. The van der Waals surface area contributed by atoms with Gasteiger partial charge in [-0.1, -0.05) is 12.1 Å². The van der Waals surface area contributed by atoms with E-state index in [9.17, 15) is 12.8 Å². The molecule has 0 unspecified atom stereocenters. The number of hydrogen-bond acceptors (Lipinski definition) is 4. The number of aliphatic imine (C=N–C) groups is 1. The molecule has 8 heteroatoms. The number of rotatable bonds is 5. The highest BCUT2D eigenvalue weighted by molar-refractivity contribution is 7.92. The van der Waals surface area contributed by atoms with Crippen LogP contribution in [0.3, 0.4) is 0 Å². The second-order valence-corrected chi connectivity index (χ2v) is 8.84. The smallest absolute Gasteiger partial charge is 0.191 e. The van der Waals surface area contributed by atoms with Gasteiger partial charge in [0.05, 0.1) is 4.75 Å². The molecular formula is C17H26FN3O3S. The minimum Gasteiger partial charge on any atom is -0.381 e. The van der Waals surface area contributed by atoms with Crippen LogP contribution in [0.2, 0.25) is 0 Å². The van der Waals surface area contributed by atoms with Gasteiger partial charge in [0.1, 0.15) is 5.82 Å². The van der Waals surface area contributed by atoms with E-state index in [4.69, 9.17) is 4.74 Å². The van der Waals surface area contributed by atoms with Crippen molar-refractivity contribution in [2.24, 2.45) is 4.99 Å². The molecule has 1 saturated heterocycles. The third-order valence-corrected chi connectivity index (χ3v) is 6.81. The lowest BCUT2D eigenvalue weighted by Crippen LogP contribution is -2.53. The second kappa shape index (κ2) is 8.14. The fourth-order valence-corrected chi connectivity index (χ4v) is 4.06. The standard InChI is InChI=1S/C17H26FN3O3S/c1-13-4-5-14(10-15(13)18)11-20-16(19-2)21-12-17(25(3,22)23)6-8-24-9-7-17/h4-5,10H,6-9,11-12H2,1-3H3,(H2,19,20,21). The van der Waals surface area contributed by atoms with Gasteiger partial charge in [-0.3, -0.25) is 4.99 Å². The highest BCUT2D eigenvalue weighted by Crippen LogP contribution is 2.28. The molecule has 2 N–H and O–H groups in total. The van der Waals surface area contributed by atoms with E-state index < -0.39 is 14.6 Å². The monoisotopic (exact) mass is 371 g/mol. The minimum absolute atomic E-state index is 0.250. The number of halogens is 1. The summed E-state index contributed by atoms with van der Waals surface area (Å²) in [6.45, 7) is 3.24. The Morgan fingerprint density at radius 2 is 2.00 bits per heavy atom. The quantitative estimate of drug-likeness (QED) is 0.604. The minimum atomic E-state index is -3.24. The van der Waals surface area contributed by atoms with Crippen molar-refractivity contribution in [2.75, 3.05) is 33.1 Å². The van der Waals surface area contributed by atoms with E-state index in [0.717, 1.165) is 5.56 Å². The van der Waals surface area contributed by atoms with Crippen LogP contribution >= 0.6 is 0 Å². The first-order valence-electron chi connectivity index (χ1n) is 8.24. The van der Waals surface area contributed by atoms with Crippen molar-refractivity contribution in [2.45, 2.75) is 31.1 Å². The molecule has 1 aliphatic rings. The summed E-state index contributed by atoms with van der Waals surface area (Å²) in [7, 11) is -1.63. The van der Waals surface area contributed by atoms with E-state index in [1.54, 1.807) is 20.0 Å². The number of hydrogen-bond donors (Lipinski definition) is 2. The second-order valence-electron chi connectivity index (χ2n) is 6.43. The third kappa shape index (κ3) is 4.92. The predicted octanol–water partition coefficient (Wildman–Crippen LogP) is 1.39. The van der Waals surface area contributed by atoms with E-state index in [0.29, 0.717) is 44.1 Å². The van der Waals surface area contributed by atoms with E-state index in [2.05, 4.69) is 15.6 Å². The summed E-state index contributed by atoms with van der Waals surface area (Å²) >= 11 is 0. The lowest BCUT2D eigenvalue weighted by atomic mass is 9.99. The number of nitrogens with one attached hydrogen (secondary N) is 2. The summed E-state index contributed by atoms with van der Waals surface area (Å²) in [5.74, 6) is 0.232. The molecule has 0 bridgehead atoms. The van der Waals surface area contributed by atoms with Crippen LogP contribution in [0.5, 0.6) is 0 Å². The number of sulfone groups is 1. The zero-order chi connectivity index (χ0) is 18.5. The largest absolute Gasteiger partial charge is 0.381 e. The molecule has 0 spiro atoms. The number of aryl methyl sites for hydroxylation is 1. The number of guanidine groups is 1. The molecule has 2 rings (SSSR count). The fourth-order valence-electron chi connectivity index (χ4n) is 2.82. The van der Waals surface area contributed by atoms with Crippen LogP contribution in [0.25, 0.3) is 0 Å². The van der Waals surface area contributed by atoms with Crippen molar-refractivity contribution in [3.63, 3.8) is 0 Å². The molecule has 1 fully saturated rings. The Morgan fingerprint density at radius 1 is 1.32 bits per heavy atom. The first-order valence-corrected chi connectivity index (χ1v) is 10.1. The normalized spacial score (nSPS) is 18.0. The van der Waals surface area contributed by atoms with E-state index in [1.165, 1.54) is 12.3 Å². The Balaban J connectivity index is 1.98. The maximum absolute atomic E-state index is 13.6. The number of ether oxygens (including phenoxy) is 1. The SMILES string of the molecule is CN=C(NCc1ccc(C)c(F)c1)NCC1(S(C)(=O)=O)CCOCC1. The van der Waals surface area contributed by atoms with Crippen molar-refractivity contribution >= 4 is 15.8 Å². The lowest BCUT2D eigenvalue weighted by Gasteiger charge is -2.35. The van der Waals surface area contributed by atoms with Gasteiger partial charge in [0, 0.05) is 39.6 Å². The highest BCUT2D eigenvalue weighted by Gasteiger charge is 2.42. The molecule has 6 nitrogen and oxygen atoms in total. The molecule has 1 heterocycles. The van der Waals surface area contributed by atoms with Gasteiger partial charge in [0.25, 0.3) is 0 Å². The van der Waals surface area contributed by atoms with Gasteiger partial charge in [-0.05, 0) is 37.0 Å². The van der Waals surface area contributed by atoms with Crippen LogP contribution in [0.15, 0.2) is 23.2 Å². The molecule has 1 aromatic carbocycles. The van der Waals surface area contributed by atoms with Crippen LogP contribution in [0.1, 0.15) is 24.0 Å². The molecule has 0 radical (unpaired) electrons. The molecule has 1 aromatic rings. The van der Waals surface area contributed by atoms with Gasteiger partial charge in [0.2, 0.25) is 0 Å². The van der Waals surface area contributed by atoms with Crippen molar-refractivity contribution in [3.05, 3.63) is 35.1 Å². The predicted molar refractivity (Wildman–Crippen MR) is 97.0 cm³/mol. The average molecular weight is 371 g/mol. The van der Waals surface area contributed by atoms with Crippen LogP contribution in [0, 0.1) is 12.7 Å². The molecule has 140 valence electrons. The summed E-state index contributed by atoms with van der Waals surface area (Å²) in [4.78, 5) is 4.12. The Bertz CT molecular complexity index is 729. The summed E-state index contributed by atoms with van der Waals surface area (Å²) in [5.41, 5.74) is 1.39. The summed E-state index contributed by atoms with van der Waals surface area (Å²) in [6, 6.07) is 5.05. The van der Waals surface area contributed by atoms with Crippen LogP contribution < -0.4 is 10.6 Å². The highest BCUT2D eigenvalue weighted by atomic mass is 32.2. The van der Waals surface area contributed by atoms with Crippen LogP contribution in [-0.2, 0) is 21.1 Å². The van der Waals surface area contributed by atoms with Gasteiger partial charge in [-0.25, -0.2) is 12.8 Å². The fraction of sp³-hybridized carbons (Fsp3) is 0.588. The molecule has 1 aliphatic heterocycles. The molecule has 0 amide bonds. The zero-order valence-electron chi connectivity index (χ0n) is 14.9. The van der Waals surface area contributed by atoms with Gasteiger partial charge in [-0.2, -0.15) is 0 Å². The van der Waals surface area contributed by atoms with E-state index >= 15 is 0 Å². The van der Waals surface area contributed by atoms with Gasteiger partial charge in [-0.15, -0.1) is 0 Å². The molecule has 0 saturated carbocycles. The van der Waals surface area contributed by atoms with Crippen molar-refractivity contribution in [3.8, 4) is 0 Å². The van der Waals surface area contributed by atoms with E-state index in [1.807, 2.05) is 6.07 Å². The maximum atomic E-state index is 13.6. The van der Waals surface area contributed by atoms with Crippen molar-refractivity contribution in [1.82, 2.24) is 10.6 Å².